The highest BCUT2D eigenvalue weighted by molar-refractivity contribution is 7.93. The fourth-order valence-corrected chi connectivity index (χ4v) is 3.84. The van der Waals surface area contributed by atoms with Gasteiger partial charge in [-0.15, -0.1) is 0 Å². The van der Waals surface area contributed by atoms with Crippen molar-refractivity contribution in [3.63, 3.8) is 0 Å². The summed E-state index contributed by atoms with van der Waals surface area (Å²) in [6.45, 7) is 0. The number of amides is 1. The Labute approximate surface area is 181 Å². The number of hydrogen-bond acceptors (Lipinski definition) is 8. The zero-order valence-corrected chi connectivity index (χ0v) is 18.7. The zero-order chi connectivity index (χ0) is 23.0. The van der Waals surface area contributed by atoms with Crippen LogP contribution in [0.2, 0.25) is 0 Å². The van der Waals surface area contributed by atoms with Gasteiger partial charge < -0.3 is 23.7 Å². The van der Waals surface area contributed by atoms with Crippen molar-refractivity contribution in [2.75, 3.05) is 40.9 Å². The number of carbonyl (C=O) groups is 1. The van der Waals surface area contributed by atoms with Gasteiger partial charge in [-0.05, 0) is 23.8 Å². The van der Waals surface area contributed by atoms with Gasteiger partial charge in [-0.25, -0.2) is 13.2 Å². The van der Waals surface area contributed by atoms with Crippen LogP contribution in [0.5, 0.6) is 23.0 Å². The van der Waals surface area contributed by atoms with Crippen LogP contribution in [0.25, 0.3) is 6.08 Å². The van der Waals surface area contributed by atoms with Crippen LogP contribution < -0.4 is 24.3 Å². The van der Waals surface area contributed by atoms with Gasteiger partial charge in [0.15, 0.2) is 9.84 Å². The summed E-state index contributed by atoms with van der Waals surface area (Å²) >= 11 is 0. The van der Waals surface area contributed by atoms with Crippen molar-refractivity contribution in [3.05, 3.63) is 46.9 Å². The Morgan fingerprint density at radius 3 is 2.03 bits per heavy atom. The predicted molar refractivity (Wildman–Crippen MR) is 117 cm³/mol. The number of nitrogens with one attached hydrogen (secondary N) is 1. The molecule has 168 valence electrons. The molecule has 10 heteroatoms. The highest BCUT2D eigenvalue weighted by Crippen LogP contribution is 2.35. The summed E-state index contributed by atoms with van der Waals surface area (Å²) in [5, 5.41) is 3.57. The molecule has 2 aromatic carbocycles. The fourth-order valence-electron chi connectivity index (χ4n) is 2.75. The Hall–Kier alpha value is -3.40. The maximum atomic E-state index is 12.7. The molecule has 0 aliphatic heterocycles. The van der Waals surface area contributed by atoms with Gasteiger partial charge in [-0.3, -0.25) is 5.32 Å². The summed E-state index contributed by atoms with van der Waals surface area (Å²) in [6, 6.07) is 7.93. The average Bonchev–Trinajstić information content (AvgIpc) is 2.76. The number of rotatable bonds is 9. The highest BCUT2D eigenvalue weighted by atomic mass is 32.2. The minimum atomic E-state index is -3.68. The second kappa shape index (κ2) is 10.6. The maximum Gasteiger partial charge on any atom is 0.411 e. The molecule has 0 aromatic heterocycles. The lowest BCUT2D eigenvalue weighted by atomic mass is 10.1. The minimum absolute atomic E-state index is 0.296. The number of methoxy groups -OCH3 is 5. The van der Waals surface area contributed by atoms with Crippen molar-refractivity contribution >= 4 is 27.7 Å². The Bertz CT molecular complexity index is 1040. The van der Waals surface area contributed by atoms with E-state index in [-0.39, 0.29) is 5.75 Å². The SMILES string of the molecule is COC(=O)Nc1cc(CS(=O)(=O)C=Cc2c(OC)cc(OC)cc2OC)ccc1OC. The van der Waals surface area contributed by atoms with E-state index in [9.17, 15) is 13.2 Å². The van der Waals surface area contributed by atoms with Crippen LogP contribution >= 0.6 is 0 Å². The third-order valence-electron chi connectivity index (χ3n) is 4.25. The third-order valence-corrected chi connectivity index (χ3v) is 5.54. The third kappa shape index (κ3) is 6.29. The van der Waals surface area contributed by atoms with Crippen LogP contribution in [0.4, 0.5) is 10.5 Å². The summed E-state index contributed by atoms with van der Waals surface area (Å²) < 4.78 is 51.0. The Kier molecular flexibility index (Phi) is 8.14. The molecule has 0 aliphatic rings. The average molecular weight is 451 g/mol. The number of ether oxygens (including phenoxy) is 5. The van der Waals surface area contributed by atoms with Gasteiger partial charge in [0.1, 0.15) is 23.0 Å². The van der Waals surface area contributed by atoms with E-state index in [0.717, 1.165) is 5.41 Å². The summed E-state index contributed by atoms with van der Waals surface area (Å²) in [7, 11) is 3.42. The quantitative estimate of drug-likeness (QED) is 0.617. The van der Waals surface area contributed by atoms with E-state index in [2.05, 4.69) is 10.1 Å². The molecule has 9 nitrogen and oxygen atoms in total. The maximum absolute atomic E-state index is 12.7. The summed E-state index contributed by atoms with van der Waals surface area (Å²) in [4.78, 5) is 11.5. The first kappa shape index (κ1) is 23.9. The van der Waals surface area contributed by atoms with E-state index in [4.69, 9.17) is 18.9 Å². The Morgan fingerprint density at radius 1 is 0.903 bits per heavy atom. The second-order valence-electron chi connectivity index (χ2n) is 6.21. The van der Waals surface area contributed by atoms with Crippen LogP contribution in [0, 0.1) is 0 Å². The molecule has 0 spiro atoms. The molecule has 31 heavy (non-hydrogen) atoms. The van der Waals surface area contributed by atoms with Gasteiger partial charge in [0.2, 0.25) is 0 Å². The van der Waals surface area contributed by atoms with Crippen molar-refractivity contribution in [2.45, 2.75) is 5.75 Å². The van der Waals surface area contributed by atoms with Gasteiger partial charge in [-0.1, -0.05) is 6.07 Å². The molecule has 0 radical (unpaired) electrons. The van der Waals surface area contributed by atoms with Crippen molar-refractivity contribution in [1.82, 2.24) is 0 Å². The largest absolute Gasteiger partial charge is 0.496 e. The van der Waals surface area contributed by atoms with Crippen LogP contribution in [0.3, 0.4) is 0 Å². The highest BCUT2D eigenvalue weighted by Gasteiger charge is 2.15. The molecule has 0 bridgehead atoms. The van der Waals surface area contributed by atoms with Crippen LogP contribution in [0.1, 0.15) is 11.1 Å². The zero-order valence-electron chi connectivity index (χ0n) is 17.9. The van der Waals surface area contributed by atoms with Crippen LogP contribution in [-0.2, 0) is 20.3 Å². The first-order chi connectivity index (χ1) is 14.8. The number of hydrogen-bond donors (Lipinski definition) is 1. The number of carbonyl (C=O) groups excluding carboxylic acids is 1. The molecule has 0 unspecified atom stereocenters. The monoisotopic (exact) mass is 451 g/mol. The molecule has 0 fully saturated rings. The summed E-state index contributed by atoms with van der Waals surface area (Å²) in [5.74, 6) is 1.38. The number of anilines is 1. The number of benzene rings is 2. The van der Waals surface area contributed by atoms with Gasteiger partial charge in [0, 0.05) is 17.5 Å². The molecule has 0 heterocycles. The minimum Gasteiger partial charge on any atom is -0.496 e. The summed E-state index contributed by atoms with van der Waals surface area (Å²) in [6.07, 6.45) is 0.709. The predicted octanol–water partition coefficient (Wildman–Crippen LogP) is 3.49. The second-order valence-corrected chi connectivity index (χ2v) is 8.09. The topological polar surface area (TPSA) is 109 Å². The van der Waals surface area contributed by atoms with Crippen molar-refractivity contribution < 1.29 is 36.9 Å². The van der Waals surface area contributed by atoms with Crippen molar-refractivity contribution in [3.8, 4) is 23.0 Å². The van der Waals surface area contributed by atoms with E-state index in [1.165, 1.54) is 47.7 Å². The van der Waals surface area contributed by atoms with E-state index >= 15 is 0 Å². The first-order valence-electron chi connectivity index (χ1n) is 8.99. The van der Waals surface area contributed by atoms with E-state index < -0.39 is 15.9 Å². The molecule has 0 aliphatic carbocycles. The van der Waals surface area contributed by atoms with Crippen LogP contribution in [-0.4, -0.2) is 50.1 Å². The smallest absolute Gasteiger partial charge is 0.411 e. The first-order valence-corrected chi connectivity index (χ1v) is 10.7. The molecule has 0 atom stereocenters. The summed E-state index contributed by atoms with van der Waals surface area (Å²) in [5.41, 5.74) is 1.20. The van der Waals surface area contributed by atoms with Gasteiger partial charge in [-0.2, -0.15) is 0 Å². The molecule has 1 N–H and O–H groups in total. The molecule has 2 rings (SSSR count). The van der Waals surface area contributed by atoms with E-state index in [1.807, 2.05) is 0 Å². The van der Waals surface area contributed by atoms with Crippen LogP contribution in [0.15, 0.2) is 35.7 Å². The van der Waals surface area contributed by atoms with E-state index in [0.29, 0.717) is 39.8 Å². The molecular weight excluding hydrogens is 426 g/mol. The molecule has 2 aromatic rings. The van der Waals surface area contributed by atoms with Crippen molar-refractivity contribution in [1.29, 1.82) is 0 Å². The molecular formula is C21H25NO8S. The fraction of sp³-hybridized carbons (Fsp3) is 0.286. The molecule has 0 saturated heterocycles. The van der Waals surface area contributed by atoms with Gasteiger partial charge >= 0.3 is 6.09 Å². The lowest BCUT2D eigenvalue weighted by Crippen LogP contribution is -2.12. The normalized spacial score (nSPS) is 11.1. The lowest BCUT2D eigenvalue weighted by Gasteiger charge is -2.13. The van der Waals surface area contributed by atoms with Crippen molar-refractivity contribution in [2.24, 2.45) is 0 Å². The van der Waals surface area contributed by atoms with E-state index in [1.54, 1.807) is 24.3 Å². The molecule has 0 saturated carbocycles. The number of sulfone groups is 1. The van der Waals surface area contributed by atoms with Gasteiger partial charge in [0.05, 0.1) is 52.6 Å². The standard InChI is InChI=1S/C21H25NO8S/c1-26-15-11-19(28-3)16(20(12-15)29-4)8-9-31(24,25)13-14-6-7-18(27-2)17(10-14)22-21(23)30-5/h6-12H,13H2,1-5H3,(H,22,23). The Morgan fingerprint density at radius 2 is 1.52 bits per heavy atom. The van der Waals surface area contributed by atoms with Gasteiger partial charge in [0.25, 0.3) is 0 Å². The molecule has 1 amide bonds. The lowest BCUT2D eigenvalue weighted by molar-refractivity contribution is 0.187. The Balaban J connectivity index is 2.33.